The van der Waals surface area contributed by atoms with Crippen molar-refractivity contribution in [3.63, 3.8) is 0 Å². The Balaban J connectivity index is 1.52. The number of hydrogen-bond acceptors (Lipinski definition) is 6. The smallest absolute Gasteiger partial charge is 0.354 e. The number of rotatable bonds is 10. The third-order valence-electron chi connectivity index (χ3n) is 7.24. The second-order valence-corrected chi connectivity index (χ2v) is 10.1. The molecule has 5 rings (SSSR count). The first-order valence-electron chi connectivity index (χ1n) is 12.7. The highest BCUT2D eigenvalue weighted by Crippen LogP contribution is 2.39. The number of hydrogen-bond donors (Lipinski definition) is 2. The fourth-order valence-corrected chi connectivity index (χ4v) is 5.64. The van der Waals surface area contributed by atoms with Crippen molar-refractivity contribution in [1.82, 2.24) is 9.78 Å². The molecule has 0 bridgehead atoms. The van der Waals surface area contributed by atoms with Gasteiger partial charge in [0.25, 0.3) is 0 Å². The Kier molecular flexibility index (Phi) is 7.85. The maximum absolute atomic E-state index is 12.7. The molecule has 0 amide bonds. The number of benzene rings is 2. The van der Waals surface area contributed by atoms with E-state index in [-0.39, 0.29) is 37.4 Å². The molecule has 2 aromatic carbocycles. The van der Waals surface area contributed by atoms with Crippen LogP contribution in [0.5, 0.6) is 11.5 Å². The molecule has 2 atom stereocenters. The minimum absolute atomic E-state index is 0.112. The van der Waals surface area contributed by atoms with Crippen molar-refractivity contribution >= 4 is 23.5 Å². The number of carboxylic acid groups (broad SMARTS) is 2. The molecule has 9 nitrogen and oxygen atoms in total. The van der Waals surface area contributed by atoms with Gasteiger partial charge in [-0.25, -0.2) is 9.59 Å². The number of halogens is 1. The number of aromatic carboxylic acids is 1. The first-order chi connectivity index (χ1) is 18.4. The third-order valence-corrected chi connectivity index (χ3v) is 7.59. The normalized spacial score (nSPS) is 18.4. The van der Waals surface area contributed by atoms with E-state index in [0.29, 0.717) is 46.5 Å². The van der Waals surface area contributed by atoms with Gasteiger partial charge in [-0.15, -0.1) is 0 Å². The molecule has 1 fully saturated rings. The van der Waals surface area contributed by atoms with Crippen LogP contribution < -0.4 is 9.47 Å². The van der Waals surface area contributed by atoms with Crippen LogP contribution in [0.15, 0.2) is 42.5 Å². The Hall–Kier alpha value is -3.56. The summed E-state index contributed by atoms with van der Waals surface area (Å²) >= 11 is 6.57. The predicted molar refractivity (Wildman–Crippen MR) is 139 cm³/mol. The molecule has 10 heteroatoms. The second kappa shape index (κ2) is 11.4. The van der Waals surface area contributed by atoms with E-state index in [2.05, 4.69) is 0 Å². The highest BCUT2D eigenvalue weighted by molar-refractivity contribution is 6.31. The SMILES string of the molecule is O=C(O)COC[C@@H]1CCCC[C@@H]1Cn1nc(-c2ccccc2)c(Cc2cc3c(cc2Cl)OCO3)c1C(=O)O. The minimum Gasteiger partial charge on any atom is -0.480 e. The van der Waals surface area contributed by atoms with Crippen molar-refractivity contribution in [2.75, 3.05) is 20.0 Å². The zero-order valence-electron chi connectivity index (χ0n) is 20.8. The van der Waals surface area contributed by atoms with E-state index in [9.17, 15) is 14.7 Å². The maximum atomic E-state index is 12.7. The Morgan fingerprint density at radius 3 is 2.47 bits per heavy atom. The molecule has 2 N–H and O–H groups in total. The van der Waals surface area contributed by atoms with Gasteiger partial charge in [0.2, 0.25) is 6.79 Å². The van der Waals surface area contributed by atoms with E-state index in [1.807, 2.05) is 30.3 Å². The number of carboxylic acids is 2. The quantitative estimate of drug-likeness (QED) is 0.363. The van der Waals surface area contributed by atoms with Crippen molar-refractivity contribution < 1.29 is 34.0 Å². The van der Waals surface area contributed by atoms with Crippen LogP contribution in [0.1, 0.15) is 47.3 Å². The Morgan fingerprint density at radius 2 is 1.76 bits per heavy atom. The van der Waals surface area contributed by atoms with Crippen molar-refractivity contribution in [3.8, 4) is 22.8 Å². The van der Waals surface area contributed by atoms with Crippen LogP contribution in [-0.2, 0) is 22.5 Å². The topological polar surface area (TPSA) is 120 Å². The molecule has 1 saturated carbocycles. The van der Waals surface area contributed by atoms with Gasteiger partial charge in [-0.05, 0) is 36.3 Å². The van der Waals surface area contributed by atoms with E-state index in [1.165, 1.54) is 0 Å². The average molecular weight is 541 g/mol. The summed E-state index contributed by atoms with van der Waals surface area (Å²) in [5.41, 5.74) is 2.80. The summed E-state index contributed by atoms with van der Waals surface area (Å²) in [6.45, 7) is 0.495. The molecular formula is C28H29ClN2O7. The molecule has 1 aliphatic carbocycles. The summed E-state index contributed by atoms with van der Waals surface area (Å²) in [6.07, 6.45) is 4.10. The van der Waals surface area contributed by atoms with Crippen LogP contribution in [0.4, 0.5) is 0 Å². The molecule has 38 heavy (non-hydrogen) atoms. The van der Waals surface area contributed by atoms with Crippen LogP contribution in [-0.4, -0.2) is 51.9 Å². The van der Waals surface area contributed by atoms with Crippen LogP contribution >= 0.6 is 11.6 Å². The first-order valence-corrected chi connectivity index (χ1v) is 13.0. The zero-order chi connectivity index (χ0) is 26.6. The van der Waals surface area contributed by atoms with Gasteiger partial charge < -0.3 is 24.4 Å². The first kappa shape index (κ1) is 26.1. The summed E-state index contributed by atoms with van der Waals surface area (Å²) in [6, 6.07) is 13.0. The van der Waals surface area contributed by atoms with E-state index in [0.717, 1.165) is 31.2 Å². The van der Waals surface area contributed by atoms with Gasteiger partial charge >= 0.3 is 11.9 Å². The van der Waals surface area contributed by atoms with Crippen LogP contribution in [0.2, 0.25) is 5.02 Å². The van der Waals surface area contributed by atoms with E-state index in [1.54, 1.807) is 16.8 Å². The standard InChI is InChI=1S/C28H29ClN2O7/c29-22-12-24-23(37-16-38-24)11-20(22)10-21-26(17-6-2-1-3-7-17)30-31(27(21)28(34)35)13-18-8-4-5-9-19(18)14-36-15-25(32)33/h1-3,6-7,11-12,18-19H,4-5,8-10,13-16H2,(H,32,33)(H,34,35)/t18-,19+/m1/s1. The van der Waals surface area contributed by atoms with Gasteiger partial charge in [0.15, 0.2) is 11.5 Å². The van der Waals surface area contributed by atoms with Gasteiger partial charge in [-0.3, -0.25) is 4.68 Å². The lowest BCUT2D eigenvalue weighted by atomic mass is 9.79. The predicted octanol–water partition coefficient (Wildman–Crippen LogP) is 5.13. The minimum atomic E-state index is -1.07. The zero-order valence-corrected chi connectivity index (χ0v) is 21.5. The lowest BCUT2D eigenvalue weighted by Crippen LogP contribution is -2.30. The molecule has 2 heterocycles. The molecule has 0 saturated heterocycles. The lowest BCUT2D eigenvalue weighted by molar-refractivity contribution is -0.143. The molecule has 0 unspecified atom stereocenters. The number of nitrogens with zero attached hydrogens (tertiary/aromatic N) is 2. The molecule has 0 spiro atoms. The van der Waals surface area contributed by atoms with Crippen molar-refractivity contribution in [3.05, 3.63) is 64.3 Å². The van der Waals surface area contributed by atoms with Crippen LogP contribution in [0.3, 0.4) is 0 Å². The molecule has 0 radical (unpaired) electrons. The van der Waals surface area contributed by atoms with Gasteiger partial charge in [0.05, 0.1) is 12.3 Å². The molecule has 1 aliphatic heterocycles. The molecule has 2 aliphatic rings. The van der Waals surface area contributed by atoms with Crippen molar-refractivity contribution in [1.29, 1.82) is 0 Å². The summed E-state index contributed by atoms with van der Waals surface area (Å²) in [5.74, 6) is -0.703. The fourth-order valence-electron chi connectivity index (χ4n) is 5.42. The van der Waals surface area contributed by atoms with Crippen molar-refractivity contribution in [2.24, 2.45) is 11.8 Å². The van der Waals surface area contributed by atoms with Crippen molar-refractivity contribution in [2.45, 2.75) is 38.6 Å². The summed E-state index contributed by atoms with van der Waals surface area (Å²) in [7, 11) is 0. The summed E-state index contributed by atoms with van der Waals surface area (Å²) in [5, 5.41) is 24.6. The maximum Gasteiger partial charge on any atom is 0.354 e. The number of aliphatic carboxylic acids is 1. The monoisotopic (exact) mass is 540 g/mol. The number of aromatic nitrogens is 2. The Bertz CT molecular complexity index is 1320. The van der Waals surface area contributed by atoms with Gasteiger partial charge in [-0.2, -0.15) is 5.10 Å². The van der Waals surface area contributed by atoms with Crippen LogP contribution in [0.25, 0.3) is 11.3 Å². The molecular weight excluding hydrogens is 512 g/mol. The molecule has 3 aromatic rings. The van der Waals surface area contributed by atoms with E-state index < -0.39 is 11.9 Å². The van der Waals surface area contributed by atoms with Gasteiger partial charge in [0, 0.05) is 35.2 Å². The van der Waals surface area contributed by atoms with Crippen LogP contribution in [0, 0.1) is 11.8 Å². The van der Waals surface area contributed by atoms with E-state index >= 15 is 0 Å². The molecule has 1 aromatic heterocycles. The Labute approximate surface area is 224 Å². The fraction of sp³-hybridized carbons (Fsp3) is 0.393. The average Bonchev–Trinajstić information content (AvgIpc) is 3.49. The summed E-state index contributed by atoms with van der Waals surface area (Å²) < 4.78 is 18.0. The molecule has 200 valence electrons. The van der Waals surface area contributed by atoms with Gasteiger partial charge in [-0.1, -0.05) is 54.8 Å². The highest BCUT2D eigenvalue weighted by atomic mass is 35.5. The Morgan fingerprint density at radius 1 is 1.05 bits per heavy atom. The largest absolute Gasteiger partial charge is 0.480 e. The number of fused-ring (bicyclic) bond motifs is 1. The number of carbonyl (C=O) groups is 2. The second-order valence-electron chi connectivity index (χ2n) is 9.72. The lowest BCUT2D eigenvalue weighted by Gasteiger charge is -2.31. The third kappa shape index (κ3) is 5.63. The highest BCUT2D eigenvalue weighted by Gasteiger charge is 2.31. The summed E-state index contributed by atoms with van der Waals surface area (Å²) in [4.78, 5) is 23.6. The van der Waals surface area contributed by atoms with E-state index in [4.69, 9.17) is 36.0 Å². The van der Waals surface area contributed by atoms with Gasteiger partial charge in [0.1, 0.15) is 12.3 Å². The number of ether oxygens (including phenoxy) is 3.